The van der Waals surface area contributed by atoms with Gasteiger partial charge in [-0.3, -0.25) is 9.48 Å². The van der Waals surface area contributed by atoms with Gasteiger partial charge >= 0.3 is 6.18 Å². The van der Waals surface area contributed by atoms with Gasteiger partial charge in [0.15, 0.2) is 5.69 Å². The van der Waals surface area contributed by atoms with Gasteiger partial charge in [-0.15, -0.1) is 11.3 Å². The summed E-state index contributed by atoms with van der Waals surface area (Å²) in [5.41, 5.74) is 0.886. The first-order valence-corrected chi connectivity index (χ1v) is 12.8. The lowest BCUT2D eigenvalue weighted by Gasteiger charge is -2.33. The van der Waals surface area contributed by atoms with Crippen molar-refractivity contribution in [3.8, 4) is 17.2 Å². The van der Waals surface area contributed by atoms with Gasteiger partial charge in [-0.25, -0.2) is 0 Å². The third kappa shape index (κ3) is 6.06. The third-order valence-corrected chi connectivity index (χ3v) is 7.34. The first kappa shape index (κ1) is 26.9. The van der Waals surface area contributed by atoms with Gasteiger partial charge in [-0.2, -0.15) is 23.5 Å². The zero-order chi connectivity index (χ0) is 26.7. The molecule has 1 amide bonds. The van der Waals surface area contributed by atoms with E-state index in [0.717, 1.165) is 15.1 Å². The van der Waals surface area contributed by atoms with Crippen LogP contribution in [0.15, 0.2) is 48.7 Å². The molecule has 194 valence electrons. The lowest BCUT2D eigenvalue weighted by atomic mass is 9.84. The molecule has 0 bridgehead atoms. The number of alkyl halides is 3. The number of rotatable bonds is 7. The molecule has 0 fully saturated rings. The topological polar surface area (TPSA) is 65.2 Å². The number of hydrogen-bond acceptors (Lipinski definition) is 5. The van der Waals surface area contributed by atoms with E-state index in [0.29, 0.717) is 35.1 Å². The summed E-state index contributed by atoms with van der Waals surface area (Å²) in [6, 6.07) is 10.7. The van der Waals surface area contributed by atoms with Crippen LogP contribution in [0.3, 0.4) is 0 Å². The number of aryl methyl sites for hydroxylation is 1. The van der Waals surface area contributed by atoms with Crippen molar-refractivity contribution < 1.29 is 18.0 Å². The van der Waals surface area contributed by atoms with E-state index in [1.807, 2.05) is 31.1 Å². The zero-order valence-electron chi connectivity index (χ0n) is 20.3. The Labute approximate surface area is 222 Å². The van der Waals surface area contributed by atoms with Crippen molar-refractivity contribution in [2.75, 3.05) is 27.2 Å². The minimum absolute atomic E-state index is 0.0395. The van der Waals surface area contributed by atoms with E-state index < -0.39 is 11.9 Å². The molecular formula is C26H25ClF3N5OS. The highest BCUT2D eigenvalue weighted by Crippen LogP contribution is 2.45. The highest BCUT2D eigenvalue weighted by atomic mass is 35.5. The second kappa shape index (κ2) is 11.1. The minimum Gasteiger partial charge on any atom is -0.333 e. The Morgan fingerprint density at radius 3 is 2.76 bits per heavy atom. The van der Waals surface area contributed by atoms with Crippen LogP contribution in [0, 0.1) is 11.3 Å². The predicted molar refractivity (Wildman–Crippen MR) is 137 cm³/mol. The molecule has 1 aromatic carbocycles. The molecule has 11 heteroatoms. The Kier molecular flexibility index (Phi) is 8.07. The normalized spacial score (nSPS) is 15.8. The van der Waals surface area contributed by atoms with Crippen molar-refractivity contribution in [3.63, 3.8) is 0 Å². The third-order valence-electron chi connectivity index (χ3n) is 6.08. The van der Waals surface area contributed by atoms with Gasteiger partial charge in [-0.1, -0.05) is 41.9 Å². The van der Waals surface area contributed by atoms with E-state index in [9.17, 15) is 18.0 Å². The number of hydrogen-bond donors (Lipinski definition) is 0. The molecule has 0 radical (unpaired) electrons. The largest absolute Gasteiger partial charge is 0.435 e. The monoisotopic (exact) mass is 547 g/mol. The number of carbonyl (C=O) groups is 1. The molecule has 0 spiro atoms. The molecule has 6 nitrogen and oxygen atoms in total. The van der Waals surface area contributed by atoms with Gasteiger partial charge in [0.1, 0.15) is 0 Å². The highest BCUT2D eigenvalue weighted by molar-refractivity contribution is 7.16. The van der Waals surface area contributed by atoms with Crippen LogP contribution in [0.2, 0.25) is 4.34 Å². The van der Waals surface area contributed by atoms with Crippen molar-refractivity contribution in [1.82, 2.24) is 19.6 Å². The number of carbonyl (C=O) groups excluding carboxylic acids is 1. The van der Waals surface area contributed by atoms with Gasteiger partial charge in [0.25, 0.3) is 0 Å². The second-order valence-corrected chi connectivity index (χ2v) is 10.8. The first-order chi connectivity index (χ1) is 17.6. The zero-order valence-corrected chi connectivity index (χ0v) is 21.9. The van der Waals surface area contributed by atoms with Crippen LogP contribution in [0.4, 0.5) is 13.2 Å². The molecule has 1 aliphatic rings. The van der Waals surface area contributed by atoms with Crippen LogP contribution >= 0.6 is 22.9 Å². The fourth-order valence-corrected chi connectivity index (χ4v) is 5.80. The summed E-state index contributed by atoms with van der Waals surface area (Å²) in [6.07, 6.45) is 0.0225. The maximum atomic E-state index is 14.0. The summed E-state index contributed by atoms with van der Waals surface area (Å²) in [5.74, 6) is -0.543. The fraction of sp³-hybridized carbons (Fsp3) is 0.346. The molecule has 3 aromatic rings. The molecular weight excluding hydrogens is 523 g/mol. The van der Waals surface area contributed by atoms with Crippen LogP contribution in [0.1, 0.15) is 34.0 Å². The minimum atomic E-state index is -4.68. The Hall–Kier alpha value is -3.13. The van der Waals surface area contributed by atoms with Gasteiger partial charge in [0.2, 0.25) is 5.91 Å². The number of likely N-dealkylation sites (N-methyl/N-ethyl adjacent to an activating group) is 1. The standard InChI is InChI=1S/C26H25ClF3N5OS/c1-33(2)11-5-9-24(36)34-14-20(19-13-23(27)37-22(19)16-34)17-7-3-4-8-18(17)21-15-35(12-6-10-31)32-25(21)26(28,29)30/h3-5,7-9,13,15,20H,6,11-12,14,16H2,1-2H3/b9-5+/t20-/m0/s1. The van der Waals surface area contributed by atoms with E-state index in [-0.39, 0.29) is 30.4 Å². The SMILES string of the molecule is CN(C)C/C=C/C(=O)N1Cc2sc(Cl)cc2[C@H](c2ccccc2-c2cn(CCC#N)nc2C(F)(F)F)C1. The van der Waals surface area contributed by atoms with Crippen LogP contribution in [0.5, 0.6) is 0 Å². The van der Waals surface area contributed by atoms with Gasteiger partial charge in [0.05, 0.1) is 29.9 Å². The quantitative estimate of drug-likeness (QED) is 0.351. The number of fused-ring (bicyclic) bond motifs is 1. The summed E-state index contributed by atoms with van der Waals surface area (Å²) in [7, 11) is 3.81. The lowest BCUT2D eigenvalue weighted by molar-refractivity contribution is -0.141. The number of amides is 1. The Balaban J connectivity index is 1.78. The van der Waals surface area contributed by atoms with E-state index in [1.54, 1.807) is 35.2 Å². The summed E-state index contributed by atoms with van der Waals surface area (Å²) in [4.78, 5) is 17.6. The maximum Gasteiger partial charge on any atom is 0.435 e. The van der Waals surface area contributed by atoms with Crippen LogP contribution in [-0.4, -0.2) is 52.7 Å². The molecule has 37 heavy (non-hydrogen) atoms. The van der Waals surface area contributed by atoms with Gasteiger partial charge < -0.3 is 9.80 Å². The fourth-order valence-electron chi connectivity index (χ4n) is 4.44. The Morgan fingerprint density at radius 1 is 1.30 bits per heavy atom. The van der Waals surface area contributed by atoms with E-state index in [1.165, 1.54) is 23.6 Å². The van der Waals surface area contributed by atoms with E-state index in [2.05, 4.69) is 5.10 Å². The second-order valence-electron chi connectivity index (χ2n) is 9.01. The van der Waals surface area contributed by atoms with Crippen LogP contribution < -0.4 is 0 Å². The number of nitrogens with zero attached hydrogens (tertiary/aromatic N) is 5. The molecule has 0 saturated carbocycles. The number of aromatic nitrogens is 2. The van der Waals surface area contributed by atoms with E-state index in [4.69, 9.17) is 16.9 Å². The smallest absolute Gasteiger partial charge is 0.333 e. The number of benzene rings is 1. The lowest BCUT2D eigenvalue weighted by Crippen LogP contribution is -2.37. The maximum absolute atomic E-state index is 14.0. The first-order valence-electron chi connectivity index (χ1n) is 11.6. The average molecular weight is 548 g/mol. The highest BCUT2D eigenvalue weighted by Gasteiger charge is 2.39. The average Bonchev–Trinajstić information content (AvgIpc) is 3.44. The molecule has 1 atom stereocenters. The van der Waals surface area contributed by atoms with Crippen LogP contribution in [0.25, 0.3) is 11.1 Å². The van der Waals surface area contributed by atoms with Crippen molar-refractivity contribution in [3.05, 3.63) is 74.7 Å². The Morgan fingerprint density at radius 2 is 2.05 bits per heavy atom. The summed E-state index contributed by atoms with van der Waals surface area (Å²) < 4.78 is 43.7. The van der Waals surface area contributed by atoms with Gasteiger partial charge in [0, 0.05) is 41.7 Å². The Bertz CT molecular complexity index is 1350. The molecule has 0 aliphatic carbocycles. The van der Waals surface area contributed by atoms with Gasteiger partial charge in [-0.05, 0) is 36.9 Å². The molecule has 0 unspecified atom stereocenters. The number of nitriles is 1. The van der Waals surface area contributed by atoms with Crippen molar-refractivity contribution in [2.45, 2.75) is 31.6 Å². The molecule has 1 aliphatic heterocycles. The summed E-state index contributed by atoms with van der Waals surface area (Å²) in [6.45, 7) is 1.34. The summed E-state index contributed by atoms with van der Waals surface area (Å²) >= 11 is 7.72. The number of thiophene rings is 1. The van der Waals surface area contributed by atoms with E-state index >= 15 is 0 Å². The molecule has 4 rings (SSSR count). The molecule has 0 saturated heterocycles. The van der Waals surface area contributed by atoms with Crippen molar-refractivity contribution >= 4 is 28.8 Å². The van der Waals surface area contributed by atoms with Crippen LogP contribution in [-0.2, 0) is 24.1 Å². The predicted octanol–water partition coefficient (Wildman–Crippen LogP) is 5.79. The molecule has 2 aromatic heterocycles. The molecule has 3 heterocycles. The van der Waals surface area contributed by atoms with Crippen molar-refractivity contribution in [2.24, 2.45) is 0 Å². The summed E-state index contributed by atoms with van der Waals surface area (Å²) in [5, 5.41) is 12.6. The van der Waals surface area contributed by atoms with Crippen molar-refractivity contribution in [1.29, 1.82) is 5.26 Å². The molecule has 0 N–H and O–H groups in total. The number of halogens is 4.